The lowest BCUT2D eigenvalue weighted by atomic mass is 9.99. The van der Waals surface area contributed by atoms with Crippen LogP contribution in [0.25, 0.3) is 10.9 Å². The van der Waals surface area contributed by atoms with Crippen LogP contribution >= 0.6 is 0 Å². The average molecular weight is 564 g/mol. The third-order valence-electron chi connectivity index (χ3n) is 6.94. The summed E-state index contributed by atoms with van der Waals surface area (Å²) < 4.78 is 0. The molecule has 0 spiro atoms. The number of H-pyrrole nitrogens is 1. The number of carbonyl (C=O) groups is 4. The third-order valence-corrected chi connectivity index (χ3v) is 6.94. The van der Waals surface area contributed by atoms with Crippen LogP contribution in [0.15, 0.2) is 60.8 Å². The number of nitrogens with one attached hydrogen (secondary N) is 4. The number of aromatic nitrogens is 1. The molecule has 41 heavy (non-hydrogen) atoms. The Labute approximate surface area is 240 Å². The van der Waals surface area contributed by atoms with Gasteiger partial charge in [0.15, 0.2) is 0 Å². The number of aromatic amines is 1. The topological polar surface area (TPSA) is 166 Å². The summed E-state index contributed by atoms with van der Waals surface area (Å²) in [6.07, 6.45) is 2.51. The molecular weight excluding hydrogens is 522 g/mol. The van der Waals surface area contributed by atoms with E-state index in [2.05, 4.69) is 20.9 Å². The minimum Gasteiger partial charge on any atom is -0.480 e. The van der Waals surface area contributed by atoms with E-state index < -0.39 is 47.9 Å². The van der Waals surface area contributed by atoms with E-state index in [0.29, 0.717) is 12.8 Å². The predicted molar refractivity (Wildman–Crippen MR) is 158 cm³/mol. The molecule has 1 heterocycles. The van der Waals surface area contributed by atoms with Crippen molar-refractivity contribution in [2.45, 2.75) is 71.1 Å². The lowest BCUT2D eigenvalue weighted by molar-refractivity contribution is -0.143. The summed E-state index contributed by atoms with van der Waals surface area (Å²) in [5, 5.41) is 18.7. The molecule has 0 aliphatic rings. The number of nitrogens with two attached hydrogens (primary N) is 1. The number of carboxylic acid groups (broad SMARTS) is 1. The maximum absolute atomic E-state index is 13.6. The summed E-state index contributed by atoms with van der Waals surface area (Å²) in [5.41, 5.74) is 8.72. The van der Waals surface area contributed by atoms with Crippen LogP contribution in [0, 0.1) is 11.8 Å². The third kappa shape index (κ3) is 8.91. The van der Waals surface area contributed by atoms with Crippen LogP contribution in [0.5, 0.6) is 0 Å². The Morgan fingerprint density at radius 1 is 0.805 bits per heavy atom. The highest BCUT2D eigenvalue weighted by Crippen LogP contribution is 2.20. The zero-order valence-electron chi connectivity index (χ0n) is 24.0. The maximum Gasteiger partial charge on any atom is 0.326 e. The number of fused-ring (bicyclic) bond motifs is 1. The second kappa shape index (κ2) is 14.5. The number of para-hydroxylation sites is 1. The SMILES string of the molecule is CC(C)CC(NC(=O)C(N)Cc1ccccc1)C(=O)NC(Cc1c[nH]c2ccccc12)C(=O)NC(C(=O)O)C(C)C. The molecule has 3 aromatic rings. The van der Waals surface area contributed by atoms with Gasteiger partial charge in [0.25, 0.3) is 0 Å². The molecule has 0 aliphatic heterocycles. The largest absolute Gasteiger partial charge is 0.480 e. The molecule has 4 atom stereocenters. The van der Waals surface area contributed by atoms with Crippen molar-refractivity contribution >= 4 is 34.6 Å². The quantitative estimate of drug-likeness (QED) is 0.176. The summed E-state index contributed by atoms with van der Waals surface area (Å²) in [4.78, 5) is 55.0. The van der Waals surface area contributed by atoms with E-state index in [0.717, 1.165) is 22.0 Å². The maximum atomic E-state index is 13.6. The van der Waals surface area contributed by atoms with Crippen LogP contribution in [0.3, 0.4) is 0 Å². The highest BCUT2D eigenvalue weighted by Gasteiger charge is 2.32. The molecule has 3 rings (SSSR count). The van der Waals surface area contributed by atoms with E-state index >= 15 is 0 Å². The first kappa shape index (κ1) is 31.3. The fourth-order valence-electron chi connectivity index (χ4n) is 4.71. The number of aliphatic carboxylic acids is 1. The smallest absolute Gasteiger partial charge is 0.326 e. The zero-order chi connectivity index (χ0) is 30.1. The van der Waals surface area contributed by atoms with Crippen LogP contribution < -0.4 is 21.7 Å². The summed E-state index contributed by atoms with van der Waals surface area (Å²) in [6, 6.07) is 12.9. The summed E-state index contributed by atoms with van der Waals surface area (Å²) in [6.45, 7) is 7.23. The molecule has 220 valence electrons. The number of amides is 3. The van der Waals surface area contributed by atoms with E-state index in [-0.39, 0.29) is 18.3 Å². The lowest BCUT2D eigenvalue weighted by Gasteiger charge is -2.26. The lowest BCUT2D eigenvalue weighted by Crippen LogP contribution is -2.58. The van der Waals surface area contributed by atoms with Crippen molar-refractivity contribution in [1.29, 1.82) is 0 Å². The van der Waals surface area contributed by atoms with Crippen LogP contribution in [-0.4, -0.2) is 57.9 Å². The number of rotatable bonds is 14. The first-order valence-electron chi connectivity index (χ1n) is 13.9. The molecule has 2 aromatic carbocycles. The van der Waals surface area contributed by atoms with Gasteiger partial charge in [0.2, 0.25) is 17.7 Å². The minimum absolute atomic E-state index is 0.0506. The first-order valence-corrected chi connectivity index (χ1v) is 13.9. The van der Waals surface area contributed by atoms with Crippen LogP contribution in [0.2, 0.25) is 0 Å². The van der Waals surface area contributed by atoms with Gasteiger partial charge in [-0.1, -0.05) is 76.2 Å². The van der Waals surface area contributed by atoms with Gasteiger partial charge in [-0.2, -0.15) is 0 Å². The summed E-state index contributed by atoms with van der Waals surface area (Å²) in [5.74, 6) is -3.13. The van der Waals surface area contributed by atoms with Crippen LogP contribution in [0.4, 0.5) is 0 Å². The molecular formula is C31H41N5O5. The second-order valence-corrected chi connectivity index (χ2v) is 11.2. The van der Waals surface area contributed by atoms with E-state index in [1.54, 1.807) is 20.0 Å². The van der Waals surface area contributed by atoms with Gasteiger partial charge in [0.1, 0.15) is 18.1 Å². The molecule has 0 radical (unpaired) electrons. The number of benzene rings is 2. The van der Waals surface area contributed by atoms with Gasteiger partial charge in [0, 0.05) is 23.5 Å². The zero-order valence-corrected chi connectivity index (χ0v) is 24.0. The molecule has 10 nitrogen and oxygen atoms in total. The fourth-order valence-corrected chi connectivity index (χ4v) is 4.71. The van der Waals surface area contributed by atoms with Gasteiger partial charge in [-0.3, -0.25) is 14.4 Å². The van der Waals surface area contributed by atoms with Crippen molar-refractivity contribution in [2.24, 2.45) is 17.6 Å². The first-order chi connectivity index (χ1) is 19.5. The molecule has 1 aromatic heterocycles. The molecule has 0 saturated carbocycles. The molecule has 4 unspecified atom stereocenters. The minimum atomic E-state index is -1.16. The summed E-state index contributed by atoms with van der Waals surface area (Å²) in [7, 11) is 0. The van der Waals surface area contributed by atoms with Gasteiger partial charge < -0.3 is 31.8 Å². The van der Waals surface area contributed by atoms with Gasteiger partial charge in [-0.15, -0.1) is 0 Å². The molecule has 0 aliphatic carbocycles. The van der Waals surface area contributed by atoms with E-state index in [1.165, 1.54) is 0 Å². The van der Waals surface area contributed by atoms with Crippen molar-refractivity contribution in [2.75, 3.05) is 0 Å². The van der Waals surface area contributed by atoms with Gasteiger partial charge >= 0.3 is 5.97 Å². The Hall–Kier alpha value is -4.18. The molecule has 10 heteroatoms. The highest BCUT2D eigenvalue weighted by atomic mass is 16.4. The monoisotopic (exact) mass is 563 g/mol. The Kier molecular flexibility index (Phi) is 11.0. The second-order valence-electron chi connectivity index (χ2n) is 11.2. The van der Waals surface area contributed by atoms with E-state index in [4.69, 9.17) is 5.73 Å². The molecule has 0 fully saturated rings. The van der Waals surface area contributed by atoms with Gasteiger partial charge in [0.05, 0.1) is 6.04 Å². The Balaban J connectivity index is 1.82. The predicted octanol–water partition coefficient (Wildman–Crippen LogP) is 2.52. The highest BCUT2D eigenvalue weighted by molar-refractivity contribution is 5.95. The van der Waals surface area contributed by atoms with Gasteiger partial charge in [-0.05, 0) is 41.9 Å². The Bertz CT molecular complexity index is 1340. The molecule has 0 bridgehead atoms. The van der Waals surface area contributed by atoms with E-state index in [9.17, 15) is 24.3 Å². The Morgan fingerprint density at radius 3 is 2.05 bits per heavy atom. The van der Waals surface area contributed by atoms with Crippen molar-refractivity contribution < 1.29 is 24.3 Å². The van der Waals surface area contributed by atoms with E-state index in [1.807, 2.05) is 68.4 Å². The van der Waals surface area contributed by atoms with Crippen LogP contribution in [-0.2, 0) is 32.0 Å². The number of hydrogen-bond donors (Lipinski definition) is 6. The number of hydrogen-bond acceptors (Lipinski definition) is 5. The van der Waals surface area contributed by atoms with Crippen molar-refractivity contribution in [3.63, 3.8) is 0 Å². The van der Waals surface area contributed by atoms with Crippen molar-refractivity contribution in [3.8, 4) is 0 Å². The van der Waals surface area contributed by atoms with Gasteiger partial charge in [-0.25, -0.2) is 4.79 Å². The Morgan fingerprint density at radius 2 is 1.41 bits per heavy atom. The summed E-state index contributed by atoms with van der Waals surface area (Å²) >= 11 is 0. The number of carboxylic acids is 1. The van der Waals surface area contributed by atoms with Crippen molar-refractivity contribution in [3.05, 3.63) is 71.9 Å². The molecule has 0 saturated heterocycles. The standard InChI is InChI=1S/C31H41N5O5/c1-18(2)14-25(34-28(37)23(32)15-20-10-6-5-7-11-20)29(38)35-26(30(39)36-27(19(3)4)31(40)41)16-21-17-33-24-13-9-8-12-22(21)24/h5-13,17-19,23,25-27,33H,14-16,32H2,1-4H3,(H,34,37)(H,35,38)(H,36,39)(H,40,41). The van der Waals surface area contributed by atoms with Crippen LogP contribution in [0.1, 0.15) is 45.2 Å². The molecule has 3 amide bonds. The van der Waals surface area contributed by atoms with Crippen molar-refractivity contribution in [1.82, 2.24) is 20.9 Å². The fraction of sp³-hybridized carbons (Fsp3) is 0.419. The number of carbonyl (C=O) groups excluding carboxylic acids is 3. The average Bonchev–Trinajstić information content (AvgIpc) is 3.33. The molecule has 7 N–H and O–H groups in total. The normalized spacial score (nSPS) is 14.3.